The highest BCUT2D eigenvalue weighted by atomic mass is 32.2. The summed E-state index contributed by atoms with van der Waals surface area (Å²) in [5.74, 6) is 0.177. The van der Waals surface area contributed by atoms with Gasteiger partial charge in [0.15, 0.2) is 0 Å². The average molecular weight is 589 g/mol. The molecule has 0 unspecified atom stereocenters. The van der Waals surface area contributed by atoms with Gasteiger partial charge in [0.2, 0.25) is 15.9 Å². The van der Waals surface area contributed by atoms with E-state index in [2.05, 4.69) is 4.98 Å². The predicted molar refractivity (Wildman–Crippen MR) is 152 cm³/mol. The summed E-state index contributed by atoms with van der Waals surface area (Å²) in [7, 11) is -3.92. The van der Waals surface area contributed by atoms with E-state index >= 15 is 0 Å². The van der Waals surface area contributed by atoms with Gasteiger partial charge in [0.25, 0.3) is 11.2 Å². The van der Waals surface area contributed by atoms with Crippen molar-refractivity contribution < 1.29 is 18.1 Å². The minimum absolute atomic E-state index is 0.00445. The summed E-state index contributed by atoms with van der Waals surface area (Å²) in [4.78, 5) is 46.1. The first-order valence-electron chi connectivity index (χ1n) is 13.2. The zero-order valence-corrected chi connectivity index (χ0v) is 24.3. The summed E-state index contributed by atoms with van der Waals surface area (Å²) >= 11 is 1.17. The first-order valence-corrected chi connectivity index (χ1v) is 15.5. The lowest BCUT2D eigenvalue weighted by molar-refractivity contribution is -0.384. The van der Waals surface area contributed by atoms with Gasteiger partial charge in [-0.15, -0.1) is 11.3 Å². The van der Waals surface area contributed by atoms with Crippen molar-refractivity contribution in [2.24, 2.45) is 11.8 Å². The summed E-state index contributed by atoms with van der Waals surface area (Å²) in [5.41, 5.74) is 0.317. The number of non-ortho nitro benzene ring substituents is 1. The number of aryl methyl sites for hydroxylation is 1. The summed E-state index contributed by atoms with van der Waals surface area (Å²) < 4.78 is 30.2. The number of carbonyl (C=O) groups is 1. The van der Waals surface area contributed by atoms with Crippen LogP contribution < -0.4 is 10.5 Å². The Bertz CT molecular complexity index is 1600. The largest absolute Gasteiger partial charge is 0.368 e. The standard InChI is InChI=1S/C26H32N6O6S2/c1-17-12-18(2)14-31(13-17)40(37,38)24-19(3)39-25-23(24)26(34)30(16-27-25)15-22(33)29-10-8-28(9-11-29)20-4-6-21(7-5-20)32(35)36/h4-7,16-18H,8-15H2,1-3H3/t17-,18+. The Hall–Kier alpha value is -3.36. The average Bonchev–Trinajstić information content (AvgIpc) is 3.27. The van der Waals surface area contributed by atoms with E-state index in [0.29, 0.717) is 49.0 Å². The van der Waals surface area contributed by atoms with Crippen LogP contribution in [0, 0.1) is 28.9 Å². The molecule has 2 aliphatic rings. The quantitative estimate of drug-likeness (QED) is 0.316. The number of thiophene rings is 1. The van der Waals surface area contributed by atoms with Gasteiger partial charge in [-0.3, -0.25) is 24.3 Å². The number of piperazine rings is 1. The molecule has 1 amide bonds. The molecule has 0 bridgehead atoms. The molecule has 2 aromatic heterocycles. The Morgan fingerprint density at radius 1 is 1.10 bits per heavy atom. The molecule has 214 valence electrons. The van der Waals surface area contributed by atoms with E-state index in [9.17, 15) is 28.1 Å². The lowest BCUT2D eigenvalue weighted by atomic mass is 9.94. The fraction of sp³-hybridized carbons (Fsp3) is 0.500. The second kappa shape index (κ2) is 10.9. The fourth-order valence-electron chi connectivity index (χ4n) is 5.71. The Kier molecular flexibility index (Phi) is 7.68. The zero-order valence-electron chi connectivity index (χ0n) is 22.6. The third-order valence-corrected chi connectivity index (χ3v) is 10.7. The summed E-state index contributed by atoms with van der Waals surface area (Å²) in [6.45, 7) is 8.23. The number of benzene rings is 1. The van der Waals surface area contributed by atoms with E-state index < -0.39 is 20.5 Å². The Balaban J connectivity index is 1.33. The molecular weight excluding hydrogens is 556 g/mol. The first-order chi connectivity index (χ1) is 19.0. The van der Waals surface area contributed by atoms with E-state index in [-0.39, 0.29) is 40.3 Å². The maximum atomic E-state index is 13.8. The zero-order chi connectivity index (χ0) is 28.8. The van der Waals surface area contributed by atoms with E-state index in [0.717, 1.165) is 12.1 Å². The number of hydrogen-bond acceptors (Lipinski definition) is 9. The molecule has 0 aliphatic carbocycles. The molecule has 0 radical (unpaired) electrons. The number of sulfonamides is 1. The normalized spacial score (nSPS) is 20.7. The van der Waals surface area contributed by atoms with Crippen LogP contribution in [0.2, 0.25) is 0 Å². The maximum absolute atomic E-state index is 13.8. The summed E-state index contributed by atoms with van der Waals surface area (Å²) in [6.07, 6.45) is 2.26. The highest BCUT2D eigenvalue weighted by molar-refractivity contribution is 7.89. The molecule has 2 atom stereocenters. The number of fused-ring (bicyclic) bond motifs is 1. The number of aromatic nitrogens is 2. The second-order valence-corrected chi connectivity index (χ2v) is 13.8. The molecule has 2 saturated heterocycles. The van der Waals surface area contributed by atoms with Crippen molar-refractivity contribution in [1.82, 2.24) is 18.8 Å². The van der Waals surface area contributed by atoms with Gasteiger partial charge in [0, 0.05) is 62.0 Å². The van der Waals surface area contributed by atoms with Crippen molar-refractivity contribution >= 4 is 48.9 Å². The van der Waals surface area contributed by atoms with Gasteiger partial charge >= 0.3 is 0 Å². The van der Waals surface area contributed by atoms with Crippen LogP contribution >= 0.6 is 11.3 Å². The Morgan fingerprint density at radius 2 is 1.73 bits per heavy atom. The SMILES string of the molecule is Cc1sc2ncn(CC(=O)N3CCN(c4ccc([N+](=O)[O-])cc4)CC3)c(=O)c2c1S(=O)(=O)N1C[C@H](C)C[C@H](C)C1. The number of carbonyl (C=O) groups excluding carboxylic acids is 1. The van der Waals surface area contributed by atoms with Crippen molar-refractivity contribution in [3.8, 4) is 0 Å². The number of hydrogen-bond donors (Lipinski definition) is 0. The molecule has 2 fully saturated rings. The van der Waals surface area contributed by atoms with Gasteiger partial charge in [-0.05, 0) is 37.3 Å². The first kappa shape index (κ1) is 28.2. The fourth-order valence-corrected chi connectivity index (χ4v) is 9.06. The summed E-state index contributed by atoms with van der Waals surface area (Å²) in [5, 5.41) is 11.0. The molecule has 40 heavy (non-hydrogen) atoms. The second-order valence-electron chi connectivity index (χ2n) is 10.8. The number of anilines is 1. The van der Waals surface area contributed by atoms with E-state index in [1.165, 1.54) is 38.7 Å². The number of nitrogens with zero attached hydrogens (tertiary/aromatic N) is 6. The maximum Gasteiger partial charge on any atom is 0.269 e. The van der Waals surface area contributed by atoms with Gasteiger partial charge < -0.3 is 9.80 Å². The van der Waals surface area contributed by atoms with E-state index in [4.69, 9.17) is 0 Å². The third kappa shape index (κ3) is 5.34. The topological polar surface area (TPSA) is 139 Å². The van der Waals surface area contributed by atoms with Gasteiger partial charge in [0.1, 0.15) is 16.3 Å². The molecule has 4 heterocycles. The van der Waals surface area contributed by atoms with Crippen LogP contribution in [0.5, 0.6) is 0 Å². The van der Waals surface area contributed by atoms with Crippen molar-refractivity contribution in [2.75, 3.05) is 44.2 Å². The lowest BCUT2D eigenvalue weighted by Gasteiger charge is -2.36. The lowest BCUT2D eigenvalue weighted by Crippen LogP contribution is -2.50. The van der Waals surface area contributed by atoms with Crippen molar-refractivity contribution in [3.63, 3.8) is 0 Å². The third-order valence-electron chi connectivity index (χ3n) is 7.60. The van der Waals surface area contributed by atoms with Crippen molar-refractivity contribution in [1.29, 1.82) is 0 Å². The molecule has 0 spiro atoms. The molecule has 1 aromatic carbocycles. The van der Waals surface area contributed by atoms with Crippen LogP contribution in [-0.2, 0) is 21.4 Å². The molecule has 0 N–H and O–H groups in total. The van der Waals surface area contributed by atoms with E-state index in [1.54, 1.807) is 24.0 Å². The highest BCUT2D eigenvalue weighted by Gasteiger charge is 2.36. The molecule has 12 nitrogen and oxygen atoms in total. The monoisotopic (exact) mass is 588 g/mol. The molecule has 5 rings (SSSR count). The van der Waals surface area contributed by atoms with Crippen LogP contribution in [0.25, 0.3) is 10.2 Å². The number of nitro benzene ring substituents is 1. The number of nitro groups is 1. The van der Waals surface area contributed by atoms with Crippen LogP contribution in [0.1, 0.15) is 25.1 Å². The van der Waals surface area contributed by atoms with Crippen LogP contribution in [0.4, 0.5) is 11.4 Å². The van der Waals surface area contributed by atoms with Gasteiger partial charge in [-0.2, -0.15) is 4.31 Å². The number of piperidine rings is 1. The molecular formula is C26H32N6O6S2. The Labute approximate surface area is 236 Å². The smallest absolute Gasteiger partial charge is 0.269 e. The van der Waals surface area contributed by atoms with Gasteiger partial charge in [-0.1, -0.05) is 13.8 Å². The van der Waals surface area contributed by atoms with Crippen molar-refractivity contribution in [2.45, 2.75) is 38.6 Å². The predicted octanol–water partition coefficient (Wildman–Crippen LogP) is 2.69. The number of amides is 1. The summed E-state index contributed by atoms with van der Waals surface area (Å²) in [6, 6.07) is 6.29. The molecule has 3 aromatic rings. The molecule has 14 heteroatoms. The van der Waals surface area contributed by atoms with Gasteiger partial charge in [0.05, 0.1) is 16.6 Å². The molecule has 2 aliphatic heterocycles. The highest BCUT2D eigenvalue weighted by Crippen LogP contribution is 2.35. The van der Waals surface area contributed by atoms with Crippen molar-refractivity contribution in [3.05, 3.63) is 55.9 Å². The Morgan fingerprint density at radius 3 is 2.33 bits per heavy atom. The van der Waals surface area contributed by atoms with Crippen LogP contribution in [0.3, 0.4) is 0 Å². The molecule has 0 saturated carbocycles. The minimum atomic E-state index is -3.92. The minimum Gasteiger partial charge on any atom is -0.368 e. The number of rotatable bonds is 6. The van der Waals surface area contributed by atoms with Gasteiger partial charge in [-0.25, -0.2) is 13.4 Å². The van der Waals surface area contributed by atoms with Crippen LogP contribution in [-0.4, -0.2) is 77.3 Å². The van der Waals surface area contributed by atoms with E-state index in [1.807, 2.05) is 18.7 Å². The van der Waals surface area contributed by atoms with Crippen LogP contribution in [0.15, 0.2) is 40.3 Å².